The Morgan fingerprint density at radius 2 is 1.83 bits per heavy atom. The predicted octanol–water partition coefficient (Wildman–Crippen LogP) is 1.99. The number of fused-ring (bicyclic) bond motifs is 1. The fourth-order valence-corrected chi connectivity index (χ4v) is 3.17. The summed E-state index contributed by atoms with van der Waals surface area (Å²) in [6, 6.07) is 10.0. The Kier molecular flexibility index (Phi) is 5.86. The average Bonchev–Trinajstić information content (AvgIpc) is 2.97. The van der Waals surface area contributed by atoms with E-state index in [1.807, 2.05) is 0 Å². The molecule has 30 heavy (non-hydrogen) atoms. The summed E-state index contributed by atoms with van der Waals surface area (Å²) in [4.78, 5) is 59.1. The van der Waals surface area contributed by atoms with Crippen LogP contribution in [0.4, 0.5) is 5.69 Å². The molecule has 0 radical (unpaired) electrons. The van der Waals surface area contributed by atoms with E-state index in [9.17, 15) is 29.3 Å². The first-order valence-electron chi connectivity index (χ1n) is 9.02. The number of carbonyl (C=O) groups excluding carboxylic acids is 3. The molecule has 2 aromatic rings. The molecule has 10 nitrogen and oxygen atoms in total. The van der Waals surface area contributed by atoms with Crippen LogP contribution < -0.4 is 5.32 Å². The SMILES string of the molecule is O=C(CCCN1C(=O)c2cccc([N+](=O)[O-])c2C1=O)NCc1cccc(C(=O)O)c1. The quantitative estimate of drug-likeness (QED) is 0.383. The fraction of sp³-hybridized carbons (Fsp3) is 0.200. The minimum atomic E-state index is -1.07. The van der Waals surface area contributed by atoms with Crippen LogP contribution in [-0.4, -0.2) is 45.2 Å². The highest BCUT2D eigenvalue weighted by Gasteiger charge is 2.40. The first-order chi connectivity index (χ1) is 14.3. The van der Waals surface area contributed by atoms with Crippen LogP contribution in [-0.2, 0) is 11.3 Å². The molecule has 0 saturated heterocycles. The summed E-state index contributed by atoms with van der Waals surface area (Å²) >= 11 is 0. The second kappa shape index (κ2) is 8.52. The van der Waals surface area contributed by atoms with Gasteiger partial charge in [0.05, 0.1) is 16.1 Å². The van der Waals surface area contributed by atoms with E-state index in [0.717, 1.165) is 4.90 Å². The largest absolute Gasteiger partial charge is 0.478 e. The van der Waals surface area contributed by atoms with E-state index >= 15 is 0 Å². The molecule has 0 bridgehead atoms. The van der Waals surface area contributed by atoms with E-state index in [2.05, 4.69) is 5.32 Å². The summed E-state index contributed by atoms with van der Waals surface area (Å²) in [6.45, 7) is 0.0879. The zero-order valence-electron chi connectivity index (χ0n) is 15.7. The van der Waals surface area contributed by atoms with Crippen LogP contribution in [0, 0.1) is 10.1 Å². The number of amides is 3. The zero-order chi connectivity index (χ0) is 21.8. The molecular weight excluding hydrogens is 394 g/mol. The molecule has 0 fully saturated rings. The lowest BCUT2D eigenvalue weighted by Crippen LogP contribution is -2.32. The average molecular weight is 411 g/mol. The van der Waals surface area contributed by atoms with Gasteiger partial charge < -0.3 is 10.4 Å². The number of carboxylic acid groups (broad SMARTS) is 1. The van der Waals surface area contributed by atoms with E-state index in [0.29, 0.717) is 5.56 Å². The van der Waals surface area contributed by atoms with Crippen molar-refractivity contribution < 1.29 is 29.2 Å². The lowest BCUT2D eigenvalue weighted by molar-refractivity contribution is -0.385. The van der Waals surface area contributed by atoms with Crippen LogP contribution in [0.5, 0.6) is 0 Å². The van der Waals surface area contributed by atoms with Crippen LogP contribution in [0.25, 0.3) is 0 Å². The summed E-state index contributed by atoms with van der Waals surface area (Å²) in [7, 11) is 0. The van der Waals surface area contributed by atoms with E-state index in [4.69, 9.17) is 5.11 Å². The van der Waals surface area contributed by atoms with E-state index in [-0.39, 0.29) is 48.5 Å². The Labute approximate surface area is 170 Å². The Balaban J connectivity index is 1.54. The van der Waals surface area contributed by atoms with Gasteiger partial charge >= 0.3 is 5.97 Å². The maximum Gasteiger partial charge on any atom is 0.335 e. The standard InChI is InChI=1S/C20H17N3O7/c24-16(21-11-12-4-1-5-13(10-12)20(27)28)8-3-9-22-18(25)14-6-2-7-15(23(29)30)17(14)19(22)26/h1-2,4-7,10H,3,8-9,11H2,(H,21,24)(H,27,28). The molecule has 0 unspecified atom stereocenters. The van der Waals surface area contributed by atoms with Crippen molar-refractivity contribution in [2.45, 2.75) is 19.4 Å². The van der Waals surface area contributed by atoms with Gasteiger partial charge in [0.1, 0.15) is 5.56 Å². The number of nitro benzene ring substituents is 1. The highest BCUT2D eigenvalue weighted by molar-refractivity contribution is 6.23. The van der Waals surface area contributed by atoms with Crippen LogP contribution in [0.3, 0.4) is 0 Å². The number of aromatic carboxylic acids is 1. The van der Waals surface area contributed by atoms with Gasteiger partial charge in [-0.15, -0.1) is 0 Å². The van der Waals surface area contributed by atoms with Crippen LogP contribution >= 0.6 is 0 Å². The molecule has 2 aromatic carbocycles. The molecule has 1 heterocycles. The number of hydrogen-bond donors (Lipinski definition) is 2. The van der Waals surface area contributed by atoms with Gasteiger partial charge in [-0.3, -0.25) is 29.4 Å². The predicted molar refractivity (Wildman–Crippen MR) is 103 cm³/mol. The van der Waals surface area contributed by atoms with Gasteiger partial charge in [0.25, 0.3) is 17.5 Å². The third-order valence-electron chi connectivity index (χ3n) is 4.62. The molecule has 154 valence electrons. The molecule has 10 heteroatoms. The Bertz CT molecular complexity index is 1060. The van der Waals surface area contributed by atoms with Gasteiger partial charge in [-0.25, -0.2) is 4.79 Å². The molecular formula is C20H17N3O7. The van der Waals surface area contributed by atoms with E-state index in [1.54, 1.807) is 12.1 Å². The highest BCUT2D eigenvalue weighted by Crippen LogP contribution is 2.30. The number of carbonyl (C=O) groups is 4. The Morgan fingerprint density at radius 3 is 2.53 bits per heavy atom. The summed E-state index contributed by atoms with van der Waals surface area (Å²) < 4.78 is 0. The summed E-state index contributed by atoms with van der Waals surface area (Å²) in [5.74, 6) is -2.76. The van der Waals surface area contributed by atoms with Gasteiger partial charge in [-0.2, -0.15) is 0 Å². The maximum atomic E-state index is 12.5. The number of nitro groups is 1. The number of benzene rings is 2. The molecule has 2 N–H and O–H groups in total. The minimum Gasteiger partial charge on any atom is -0.478 e. The van der Waals surface area contributed by atoms with Crippen LogP contribution in [0.2, 0.25) is 0 Å². The van der Waals surface area contributed by atoms with Crippen molar-refractivity contribution >= 4 is 29.4 Å². The normalized spacial score (nSPS) is 12.6. The van der Waals surface area contributed by atoms with Crippen molar-refractivity contribution in [3.05, 3.63) is 74.8 Å². The van der Waals surface area contributed by atoms with Crippen molar-refractivity contribution in [2.75, 3.05) is 6.54 Å². The van der Waals surface area contributed by atoms with Gasteiger partial charge in [0.2, 0.25) is 5.91 Å². The molecule has 0 spiro atoms. The first kappa shape index (κ1) is 20.6. The molecule has 0 aliphatic carbocycles. The smallest absolute Gasteiger partial charge is 0.335 e. The Hall–Kier alpha value is -4.08. The van der Waals surface area contributed by atoms with Crippen molar-refractivity contribution in [3.8, 4) is 0 Å². The minimum absolute atomic E-state index is 0.0167. The maximum absolute atomic E-state index is 12.5. The number of hydrogen-bond acceptors (Lipinski definition) is 6. The van der Waals surface area contributed by atoms with E-state index < -0.39 is 28.4 Å². The second-order valence-electron chi connectivity index (χ2n) is 6.60. The highest BCUT2D eigenvalue weighted by atomic mass is 16.6. The molecule has 0 saturated carbocycles. The number of carboxylic acids is 1. The molecule has 0 aromatic heterocycles. The fourth-order valence-electron chi connectivity index (χ4n) is 3.17. The zero-order valence-corrected chi connectivity index (χ0v) is 15.7. The van der Waals surface area contributed by atoms with Crippen molar-refractivity contribution in [2.24, 2.45) is 0 Å². The van der Waals surface area contributed by atoms with Gasteiger partial charge in [-0.05, 0) is 30.2 Å². The molecule has 1 aliphatic rings. The molecule has 0 atom stereocenters. The lowest BCUT2D eigenvalue weighted by atomic mass is 10.1. The third-order valence-corrected chi connectivity index (χ3v) is 4.62. The first-order valence-corrected chi connectivity index (χ1v) is 9.02. The number of nitrogens with one attached hydrogen (secondary N) is 1. The molecule has 1 aliphatic heterocycles. The number of nitrogens with zero attached hydrogens (tertiary/aromatic N) is 2. The third kappa shape index (κ3) is 4.17. The molecule has 3 amide bonds. The summed E-state index contributed by atoms with van der Waals surface area (Å²) in [5.41, 5.74) is 0.0688. The van der Waals surface area contributed by atoms with E-state index in [1.165, 1.54) is 30.3 Å². The van der Waals surface area contributed by atoms with Gasteiger partial charge in [0, 0.05) is 25.6 Å². The van der Waals surface area contributed by atoms with Crippen LogP contribution in [0.15, 0.2) is 42.5 Å². The molecule has 3 rings (SSSR count). The lowest BCUT2D eigenvalue weighted by Gasteiger charge is -2.13. The Morgan fingerprint density at radius 1 is 1.10 bits per heavy atom. The van der Waals surface area contributed by atoms with Gasteiger partial charge in [0.15, 0.2) is 0 Å². The van der Waals surface area contributed by atoms with Crippen molar-refractivity contribution in [1.29, 1.82) is 0 Å². The number of rotatable bonds is 8. The number of imide groups is 1. The van der Waals surface area contributed by atoms with Gasteiger partial charge in [-0.1, -0.05) is 18.2 Å². The van der Waals surface area contributed by atoms with Crippen LogP contribution in [0.1, 0.15) is 49.5 Å². The monoisotopic (exact) mass is 411 g/mol. The summed E-state index contributed by atoms with van der Waals surface area (Å²) in [5, 5.41) is 22.7. The topological polar surface area (TPSA) is 147 Å². The second-order valence-corrected chi connectivity index (χ2v) is 6.60. The van der Waals surface area contributed by atoms with Crippen molar-refractivity contribution in [1.82, 2.24) is 10.2 Å². The summed E-state index contributed by atoms with van der Waals surface area (Å²) in [6.07, 6.45) is 0.203. The van der Waals surface area contributed by atoms with Crippen molar-refractivity contribution in [3.63, 3.8) is 0 Å².